The monoisotopic (exact) mass is 274 g/mol. The quantitative estimate of drug-likeness (QED) is 0.696. The Bertz CT molecular complexity index is 324. The molecule has 1 rings (SSSR count). The Morgan fingerprint density at radius 2 is 2.28 bits per heavy atom. The summed E-state index contributed by atoms with van der Waals surface area (Å²) in [6, 6.07) is 0.261. The molecule has 0 amide bonds. The van der Waals surface area contributed by atoms with E-state index in [2.05, 4.69) is 29.2 Å². The van der Waals surface area contributed by atoms with E-state index in [-0.39, 0.29) is 6.04 Å². The first-order valence-electron chi connectivity index (χ1n) is 6.32. The zero-order valence-corrected chi connectivity index (χ0v) is 12.2. The average Bonchev–Trinajstić information content (AvgIpc) is 2.73. The Hall–Kier alpha value is -0.650. The fraction of sp³-hybridized carbons (Fsp3) is 0.833. The highest BCUT2D eigenvalue weighted by Gasteiger charge is 2.10. The number of hydrogen-bond acceptors (Lipinski definition) is 4. The maximum absolute atomic E-state index is 5.76. The van der Waals surface area contributed by atoms with Crippen LogP contribution < -0.4 is 5.32 Å². The van der Waals surface area contributed by atoms with Crippen LogP contribution in [0.5, 0.6) is 0 Å². The molecule has 5 nitrogen and oxygen atoms in total. The Morgan fingerprint density at radius 3 is 2.89 bits per heavy atom. The number of nitrogens with one attached hydrogen (secondary N) is 1. The van der Waals surface area contributed by atoms with E-state index in [1.54, 1.807) is 13.4 Å². The fourth-order valence-corrected chi connectivity index (χ4v) is 2.00. The minimum Gasteiger partial charge on any atom is -0.383 e. The predicted molar refractivity (Wildman–Crippen MR) is 72.7 cm³/mol. The Morgan fingerprint density at radius 1 is 1.50 bits per heavy atom. The number of hydrogen-bond donors (Lipinski definition) is 1. The van der Waals surface area contributed by atoms with Crippen LogP contribution in [-0.4, -0.2) is 40.4 Å². The summed E-state index contributed by atoms with van der Waals surface area (Å²) in [7, 11) is 1.70. The Labute approximate surface area is 114 Å². The molecule has 1 unspecified atom stereocenters. The number of nitrogens with zero attached hydrogens (tertiary/aromatic N) is 3. The van der Waals surface area contributed by atoms with Crippen molar-refractivity contribution in [2.75, 3.05) is 19.6 Å². The van der Waals surface area contributed by atoms with E-state index in [4.69, 9.17) is 16.3 Å². The van der Waals surface area contributed by atoms with Crippen LogP contribution in [0, 0.1) is 5.92 Å². The summed E-state index contributed by atoms with van der Waals surface area (Å²) in [4.78, 5) is 4.28. The van der Waals surface area contributed by atoms with Crippen LogP contribution in [0.4, 0.5) is 0 Å². The van der Waals surface area contributed by atoms with Crippen molar-refractivity contribution in [2.45, 2.75) is 39.4 Å². The number of alkyl halides is 1. The number of rotatable bonds is 9. The normalized spacial score (nSPS) is 13.2. The van der Waals surface area contributed by atoms with Gasteiger partial charge in [0.05, 0.1) is 13.2 Å². The molecular weight excluding hydrogens is 252 g/mol. The van der Waals surface area contributed by atoms with Crippen molar-refractivity contribution in [3.05, 3.63) is 12.2 Å². The van der Waals surface area contributed by atoms with Crippen molar-refractivity contribution in [3.63, 3.8) is 0 Å². The molecule has 0 fully saturated rings. The van der Waals surface area contributed by atoms with Crippen molar-refractivity contribution < 1.29 is 4.74 Å². The van der Waals surface area contributed by atoms with Crippen LogP contribution >= 0.6 is 11.6 Å². The van der Waals surface area contributed by atoms with Crippen molar-refractivity contribution in [3.8, 4) is 0 Å². The van der Waals surface area contributed by atoms with E-state index in [1.807, 2.05) is 4.68 Å². The van der Waals surface area contributed by atoms with Crippen LogP contribution in [0.2, 0.25) is 0 Å². The summed E-state index contributed by atoms with van der Waals surface area (Å²) in [6.07, 6.45) is 2.49. The molecule has 6 heteroatoms. The van der Waals surface area contributed by atoms with Gasteiger partial charge in [0, 0.05) is 25.6 Å². The number of methoxy groups -OCH3 is 1. The van der Waals surface area contributed by atoms with Crippen LogP contribution in [0.15, 0.2) is 6.33 Å². The minimum absolute atomic E-state index is 0.261. The molecule has 0 spiro atoms. The number of halogens is 1. The maximum Gasteiger partial charge on any atom is 0.140 e. The van der Waals surface area contributed by atoms with Crippen molar-refractivity contribution in [1.29, 1.82) is 0 Å². The lowest BCUT2D eigenvalue weighted by atomic mass is 10.2. The van der Waals surface area contributed by atoms with Gasteiger partial charge in [0.1, 0.15) is 12.2 Å². The molecule has 0 aromatic carbocycles. The molecule has 1 N–H and O–H groups in total. The molecule has 0 bridgehead atoms. The first kappa shape index (κ1) is 15.4. The van der Waals surface area contributed by atoms with Gasteiger partial charge in [-0.3, -0.25) is 0 Å². The fourth-order valence-electron chi connectivity index (χ4n) is 1.74. The second kappa shape index (κ2) is 8.45. The van der Waals surface area contributed by atoms with Gasteiger partial charge in [0.25, 0.3) is 0 Å². The van der Waals surface area contributed by atoms with Crippen molar-refractivity contribution in [1.82, 2.24) is 20.1 Å². The third kappa shape index (κ3) is 5.33. The molecule has 1 aromatic rings. The summed E-state index contributed by atoms with van der Waals surface area (Å²) in [5, 5.41) is 7.64. The topological polar surface area (TPSA) is 52.0 Å². The summed E-state index contributed by atoms with van der Waals surface area (Å²) in [6.45, 7) is 6.57. The molecule has 0 aliphatic heterocycles. The zero-order chi connectivity index (χ0) is 13.4. The van der Waals surface area contributed by atoms with Crippen LogP contribution in [0.3, 0.4) is 0 Å². The lowest BCUT2D eigenvalue weighted by Crippen LogP contribution is -2.34. The molecule has 104 valence electrons. The highest BCUT2D eigenvalue weighted by Crippen LogP contribution is 2.02. The Balaban J connectivity index is 2.48. The highest BCUT2D eigenvalue weighted by atomic mass is 35.5. The maximum atomic E-state index is 5.76. The lowest BCUT2D eigenvalue weighted by Gasteiger charge is -2.17. The molecule has 0 aliphatic carbocycles. The van der Waals surface area contributed by atoms with Gasteiger partial charge in [0.15, 0.2) is 0 Å². The third-order valence-corrected chi connectivity index (χ3v) is 2.83. The van der Waals surface area contributed by atoms with E-state index in [9.17, 15) is 0 Å². The molecule has 0 saturated heterocycles. The van der Waals surface area contributed by atoms with Gasteiger partial charge in [-0.1, -0.05) is 13.8 Å². The van der Waals surface area contributed by atoms with Crippen molar-refractivity contribution >= 4 is 11.6 Å². The summed E-state index contributed by atoms with van der Waals surface area (Å²) >= 11 is 5.76. The standard InChI is InChI=1S/C12H23ClN4O/c1-10(2)7-17-12(15-9-16-17)6-14-11(4-5-13)8-18-3/h9-11,14H,4-8H2,1-3H3. The van der Waals surface area contributed by atoms with Gasteiger partial charge in [0.2, 0.25) is 0 Å². The summed E-state index contributed by atoms with van der Waals surface area (Å²) in [5.41, 5.74) is 0. The second-order valence-corrected chi connectivity index (χ2v) is 5.14. The molecule has 0 radical (unpaired) electrons. The smallest absolute Gasteiger partial charge is 0.140 e. The van der Waals surface area contributed by atoms with Gasteiger partial charge in [-0.05, 0) is 12.3 Å². The van der Waals surface area contributed by atoms with Crippen LogP contribution in [0.25, 0.3) is 0 Å². The molecule has 1 heterocycles. The van der Waals surface area contributed by atoms with E-state index in [0.29, 0.717) is 24.9 Å². The van der Waals surface area contributed by atoms with Crippen molar-refractivity contribution in [2.24, 2.45) is 5.92 Å². The average molecular weight is 275 g/mol. The molecular formula is C12H23ClN4O. The molecule has 0 aliphatic rings. The summed E-state index contributed by atoms with van der Waals surface area (Å²) < 4.78 is 7.10. The SMILES string of the molecule is COCC(CCCl)NCc1ncnn1CC(C)C. The van der Waals surface area contributed by atoms with E-state index in [1.165, 1.54) is 0 Å². The third-order valence-electron chi connectivity index (χ3n) is 2.61. The van der Waals surface area contributed by atoms with Gasteiger partial charge in [-0.2, -0.15) is 5.10 Å². The highest BCUT2D eigenvalue weighted by molar-refractivity contribution is 6.17. The Kier molecular flexibility index (Phi) is 7.23. The largest absolute Gasteiger partial charge is 0.383 e. The summed E-state index contributed by atoms with van der Waals surface area (Å²) in [5.74, 6) is 2.14. The van der Waals surface area contributed by atoms with Gasteiger partial charge in [-0.25, -0.2) is 9.67 Å². The zero-order valence-electron chi connectivity index (χ0n) is 11.4. The molecule has 0 saturated carbocycles. The van der Waals surface area contributed by atoms with Crippen LogP contribution in [-0.2, 0) is 17.8 Å². The second-order valence-electron chi connectivity index (χ2n) is 4.76. The van der Waals surface area contributed by atoms with Gasteiger partial charge >= 0.3 is 0 Å². The number of aromatic nitrogens is 3. The van der Waals surface area contributed by atoms with E-state index < -0.39 is 0 Å². The predicted octanol–water partition coefficient (Wildman–Crippen LogP) is 1.67. The molecule has 18 heavy (non-hydrogen) atoms. The first-order valence-corrected chi connectivity index (χ1v) is 6.85. The first-order chi connectivity index (χ1) is 8.67. The van der Waals surface area contributed by atoms with E-state index in [0.717, 1.165) is 18.8 Å². The number of ether oxygens (including phenoxy) is 1. The molecule has 1 aromatic heterocycles. The van der Waals surface area contributed by atoms with E-state index >= 15 is 0 Å². The lowest BCUT2D eigenvalue weighted by molar-refractivity contribution is 0.163. The minimum atomic E-state index is 0.261. The molecule has 1 atom stereocenters. The van der Waals surface area contributed by atoms with Crippen LogP contribution in [0.1, 0.15) is 26.1 Å². The van der Waals surface area contributed by atoms with Gasteiger partial charge < -0.3 is 10.1 Å². The van der Waals surface area contributed by atoms with Gasteiger partial charge in [-0.15, -0.1) is 11.6 Å².